The van der Waals surface area contributed by atoms with Crippen molar-refractivity contribution in [1.29, 1.82) is 5.26 Å². The van der Waals surface area contributed by atoms with Crippen LogP contribution in [0.5, 0.6) is 5.75 Å². The van der Waals surface area contributed by atoms with Crippen LogP contribution in [-0.2, 0) is 17.8 Å². The smallest absolute Gasteiger partial charge is 0.260 e. The van der Waals surface area contributed by atoms with Gasteiger partial charge in [-0.05, 0) is 80.3 Å². The molecule has 0 aliphatic carbocycles. The molecule has 2 N–H and O–H groups in total. The Hall–Kier alpha value is -5.69. The fraction of sp³-hybridized carbons (Fsp3) is 0.220. The van der Waals surface area contributed by atoms with E-state index in [2.05, 4.69) is 54.8 Å². The highest BCUT2D eigenvalue weighted by Gasteiger charge is 2.25. The van der Waals surface area contributed by atoms with Crippen LogP contribution in [0.15, 0.2) is 101 Å². The van der Waals surface area contributed by atoms with Crippen LogP contribution in [0.2, 0.25) is 5.02 Å². The van der Waals surface area contributed by atoms with Crippen LogP contribution in [0.25, 0.3) is 11.3 Å². The predicted octanol–water partition coefficient (Wildman–Crippen LogP) is 7.59. The van der Waals surface area contributed by atoms with Crippen molar-refractivity contribution in [2.75, 3.05) is 13.7 Å². The molecule has 0 fully saturated rings. The molecule has 0 bridgehead atoms. The fourth-order valence-electron chi connectivity index (χ4n) is 5.74. The average molecular weight is 703 g/mol. The molecule has 51 heavy (non-hydrogen) atoms. The van der Waals surface area contributed by atoms with Gasteiger partial charge in [0, 0.05) is 24.2 Å². The summed E-state index contributed by atoms with van der Waals surface area (Å²) >= 11 is 6.65. The number of carbonyl (C=O) groups is 3. The number of nitrogens with zero attached hydrogens (tertiary/aromatic N) is 2. The van der Waals surface area contributed by atoms with Crippen LogP contribution in [-0.4, -0.2) is 42.8 Å². The van der Waals surface area contributed by atoms with Gasteiger partial charge in [-0.15, -0.1) is 0 Å². The molecule has 2 atom stereocenters. The number of methoxy groups -OCH3 is 1. The van der Waals surface area contributed by atoms with Crippen molar-refractivity contribution in [2.24, 2.45) is 0 Å². The van der Waals surface area contributed by atoms with Gasteiger partial charge in [-0.25, -0.2) is 0 Å². The number of ether oxygens (including phenoxy) is 1. The van der Waals surface area contributed by atoms with Gasteiger partial charge in [0.05, 0.1) is 47.5 Å². The Labute approximate surface area is 302 Å². The number of nitrogens with one attached hydrogen (secondary N) is 2. The van der Waals surface area contributed by atoms with Crippen LogP contribution >= 0.6 is 11.6 Å². The Bertz CT molecular complexity index is 2050. The molecular weight excluding hydrogens is 664 g/mol. The first-order valence-corrected chi connectivity index (χ1v) is 16.9. The minimum atomic E-state index is -0.706. The number of hydrogen-bond donors (Lipinski definition) is 2. The zero-order chi connectivity index (χ0) is 36.5. The SMILES string of the molecule is COc1cc(Cl)c(C(=O)N[C@H](Cc2ccc(C#N)cc2)CN(C=O)C(=O)c2ccccc2C)cc1-c1ccc(CNC(C)c2ccc(C)cc2)o1. The molecule has 5 rings (SSSR count). The van der Waals surface area contributed by atoms with Gasteiger partial charge >= 0.3 is 0 Å². The number of furan rings is 1. The molecule has 0 saturated carbocycles. The van der Waals surface area contributed by atoms with E-state index >= 15 is 0 Å². The maximum Gasteiger partial charge on any atom is 0.260 e. The van der Waals surface area contributed by atoms with Gasteiger partial charge < -0.3 is 19.8 Å². The Kier molecular flexibility index (Phi) is 12.1. The van der Waals surface area contributed by atoms with Crippen LogP contribution < -0.4 is 15.4 Å². The molecule has 0 radical (unpaired) electrons. The normalized spacial score (nSPS) is 12.0. The molecule has 1 unspecified atom stereocenters. The minimum Gasteiger partial charge on any atom is -0.496 e. The summed E-state index contributed by atoms with van der Waals surface area (Å²) in [5, 5.41) is 15.9. The summed E-state index contributed by atoms with van der Waals surface area (Å²) in [6.45, 7) is 6.30. The highest BCUT2D eigenvalue weighted by atomic mass is 35.5. The van der Waals surface area contributed by atoms with Crippen LogP contribution in [0, 0.1) is 25.2 Å². The first kappa shape index (κ1) is 36.6. The van der Waals surface area contributed by atoms with Gasteiger partial charge in [-0.1, -0.05) is 71.8 Å². The van der Waals surface area contributed by atoms with E-state index in [1.807, 2.05) is 18.2 Å². The van der Waals surface area contributed by atoms with E-state index in [0.29, 0.717) is 46.9 Å². The van der Waals surface area contributed by atoms with Gasteiger partial charge in [-0.3, -0.25) is 19.3 Å². The second-order valence-corrected chi connectivity index (χ2v) is 12.8. The second kappa shape index (κ2) is 16.8. The quantitative estimate of drug-likeness (QED) is 0.114. The van der Waals surface area contributed by atoms with Crippen LogP contribution in [0.3, 0.4) is 0 Å². The molecular formula is C41H39ClN4O5. The summed E-state index contributed by atoms with van der Waals surface area (Å²) in [4.78, 5) is 40.7. The first-order valence-electron chi connectivity index (χ1n) is 16.5. The molecule has 1 aromatic heterocycles. The predicted molar refractivity (Wildman–Crippen MR) is 197 cm³/mol. The van der Waals surface area contributed by atoms with E-state index in [-0.39, 0.29) is 29.6 Å². The molecule has 0 aliphatic heterocycles. The van der Waals surface area contributed by atoms with Gasteiger partial charge in [0.2, 0.25) is 6.41 Å². The second-order valence-electron chi connectivity index (χ2n) is 12.4. The number of halogens is 1. The Morgan fingerprint density at radius 3 is 2.37 bits per heavy atom. The van der Waals surface area contributed by atoms with Crippen molar-refractivity contribution < 1.29 is 23.5 Å². The van der Waals surface area contributed by atoms with Gasteiger partial charge in [-0.2, -0.15) is 5.26 Å². The van der Waals surface area contributed by atoms with Crippen molar-refractivity contribution in [3.63, 3.8) is 0 Å². The Balaban J connectivity index is 1.38. The zero-order valence-electron chi connectivity index (χ0n) is 28.9. The lowest BCUT2D eigenvalue weighted by Crippen LogP contribution is -2.46. The molecule has 1 heterocycles. The van der Waals surface area contributed by atoms with Crippen LogP contribution in [0.1, 0.15) is 67.3 Å². The fourth-order valence-corrected chi connectivity index (χ4v) is 5.98. The van der Waals surface area contributed by atoms with Gasteiger partial charge in [0.1, 0.15) is 17.3 Å². The summed E-state index contributed by atoms with van der Waals surface area (Å²) in [7, 11) is 1.51. The average Bonchev–Trinajstić information content (AvgIpc) is 3.62. The van der Waals surface area contributed by atoms with Gasteiger partial charge in [0.25, 0.3) is 11.8 Å². The maximum absolute atomic E-state index is 13.9. The molecule has 0 aliphatic rings. The third-order valence-corrected chi connectivity index (χ3v) is 9.01. The third-order valence-electron chi connectivity index (χ3n) is 8.70. The minimum absolute atomic E-state index is 0.0962. The lowest BCUT2D eigenvalue weighted by molar-refractivity contribution is -0.116. The third kappa shape index (κ3) is 9.11. The van der Waals surface area contributed by atoms with Crippen molar-refractivity contribution in [1.82, 2.24) is 15.5 Å². The van der Waals surface area contributed by atoms with Crippen molar-refractivity contribution in [2.45, 2.75) is 45.8 Å². The molecule has 10 heteroatoms. The number of rotatable bonds is 14. The molecule has 0 spiro atoms. The number of nitriles is 1. The molecule has 260 valence electrons. The number of aryl methyl sites for hydroxylation is 2. The molecule has 9 nitrogen and oxygen atoms in total. The van der Waals surface area contributed by atoms with E-state index in [1.165, 1.54) is 12.7 Å². The topological polar surface area (TPSA) is 125 Å². The summed E-state index contributed by atoms with van der Waals surface area (Å²) < 4.78 is 11.8. The largest absolute Gasteiger partial charge is 0.496 e. The van der Waals surface area contributed by atoms with E-state index in [1.54, 1.807) is 61.5 Å². The van der Waals surface area contributed by atoms with E-state index in [4.69, 9.17) is 20.8 Å². The number of imide groups is 1. The number of amides is 3. The lowest BCUT2D eigenvalue weighted by Gasteiger charge is -2.25. The molecule has 5 aromatic rings. The molecule has 4 aromatic carbocycles. The number of hydrogen-bond acceptors (Lipinski definition) is 7. The van der Waals surface area contributed by atoms with E-state index < -0.39 is 17.9 Å². The summed E-state index contributed by atoms with van der Waals surface area (Å²) in [5.74, 6) is 0.605. The summed E-state index contributed by atoms with van der Waals surface area (Å²) in [6, 6.07) is 30.6. The monoisotopic (exact) mass is 702 g/mol. The highest BCUT2D eigenvalue weighted by Crippen LogP contribution is 2.36. The van der Waals surface area contributed by atoms with E-state index in [9.17, 15) is 19.6 Å². The number of carbonyl (C=O) groups excluding carboxylic acids is 3. The Morgan fingerprint density at radius 1 is 0.980 bits per heavy atom. The first-order chi connectivity index (χ1) is 24.6. The van der Waals surface area contributed by atoms with Gasteiger partial charge in [0.15, 0.2) is 0 Å². The lowest BCUT2D eigenvalue weighted by atomic mass is 10.0. The summed E-state index contributed by atoms with van der Waals surface area (Å²) in [5.41, 5.74) is 5.43. The maximum atomic E-state index is 13.9. The van der Waals surface area contributed by atoms with Crippen molar-refractivity contribution in [3.8, 4) is 23.1 Å². The van der Waals surface area contributed by atoms with E-state index in [0.717, 1.165) is 21.6 Å². The summed E-state index contributed by atoms with van der Waals surface area (Å²) in [6.07, 6.45) is 0.731. The van der Waals surface area contributed by atoms with Crippen molar-refractivity contribution >= 4 is 29.8 Å². The number of benzene rings is 4. The standard InChI is InChI=1S/C41H39ClN4O5/c1-26-9-15-31(16-10-26)28(3)44-23-33-17-18-38(51-33)36-20-35(37(42)21-39(36)50-4)40(48)45-32(19-29-11-13-30(22-43)14-12-29)24-46(25-47)41(49)34-8-6-5-7-27(34)2/h5-18,20-21,25,28,32,44H,19,23-24H2,1-4H3,(H,45,48)/t28?,32-/m1/s1. The van der Waals surface area contributed by atoms with Crippen molar-refractivity contribution in [3.05, 3.63) is 147 Å². The zero-order valence-corrected chi connectivity index (χ0v) is 29.7. The highest BCUT2D eigenvalue weighted by molar-refractivity contribution is 6.34. The molecule has 3 amide bonds. The molecule has 0 saturated heterocycles. The van der Waals surface area contributed by atoms with Crippen LogP contribution in [0.4, 0.5) is 0 Å². The Morgan fingerprint density at radius 2 is 1.71 bits per heavy atom.